The second-order valence-corrected chi connectivity index (χ2v) is 6.64. The van der Waals surface area contributed by atoms with Gasteiger partial charge in [0.15, 0.2) is 0 Å². The van der Waals surface area contributed by atoms with Gasteiger partial charge in [0.1, 0.15) is 0 Å². The molecule has 1 rings (SSSR count). The normalized spacial score (nSPS) is 11.4. The van der Waals surface area contributed by atoms with E-state index in [4.69, 9.17) is 4.74 Å². The lowest BCUT2D eigenvalue weighted by Gasteiger charge is -2.24. The molecule has 0 radical (unpaired) electrons. The summed E-state index contributed by atoms with van der Waals surface area (Å²) >= 11 is 0. The van der Waals surface area contributed by atoms with Crippen molar-refractivity contribution in [3.05, 3.63) is 24.3 Å². The highest BCUT2D eigenvalue weighted by molar-refractivity contribution is 5.93. The largest absolute Gasteiger partial charge is 0.375 e. The molecule has 0 aliphatic carbocycles. The summed E-state index contributed by atoms with van der Waals surface area (Å²) in [6, 6.07) is 7.04. The number of nitrogens with zero attached hydrogens (tertiary/aromatic N) is 1. The summed E-state index contributed by atoms with van der Waals surface area (Å²) in [4.78, 5) is 25.2. The van der Waals surface area contributed by atoms with Crippen LogP contribution < -0.4 is 10.6 Å². The van der Waals surface area contributed by atoms with Crippen LogP contribution in [0.1, 0.15) is 34.6 Å². The Morgan fingerprint density at radius 2 is 1.62 bits per heavy atom. The van der Waals surface area contributed by atoms with E-state index in [0.29, 0.717) is 31.1 Å². The van der Waals surface area contributed by atoms with E-state index in [2.05, 4.69) is 10.6 Å². The fourth-order valence-corrected chi connectivity index (χ4v) is 2.07. The van der Waals surface area contributed by atoms with Crippen LogP contribution >= 0.6 is 0 Å². The molecular weight excluding hydrogens is 306 g/mol. The number of anilines is 2. The van der Waals surface area contributed by atoms with E-state index in [1.165, 1.54) is 6.92 Å². The smallest absolute Gasteiger partial charge is 0.238 e. The second kappa shape index (κ2) is 9.39. The van der Waals surface area contributed by atoms with Gasteiger partial charge in [0, 0.05) is 24.8 Å². The van der Waals surface area contributed by atoms with Crippen LogP contribution in [-0.2, 0) is 14.3 Å². The minimum Gasteiger partial charge on any atom is -0.375 e. The van der Waals surface area contributed by atoms with Crippen molar-refractivity contribution >= 4 is 23.2 Å². The molecule has 0 bridgehead atoms. The minimum absolute atomic E-state index is 0.0696. The number of likely N-dealkylation sites (N-methyl/N-ethyl adjacent to an activating group) is 1. The summed E-state index contributed by atoms with van der Waals surface area (Å²) in [5.41, 5.74) is 1.24. The molecule has 2 amide bonds. The van der Waals surface area contributed by atoms with Gasteiger partial charge in [-0.25, -0.2) is 0 Å². The fraction of sp³-hybridized carbons (Fsp3) is 0.556. The molecule has 0 fully saturated rings. The van der Waals surface area contributed by atoms with Crippen molar-refractivity contribution in [2.24, 2.45) is 0 Å². The zero-order valence-corrected chi connectivity index (χ0v) is 15.3. The third-order valence-corrected chi connectivity index (χ3v) is 3.25. The zero-order valence-electron chi connectivity index (χ0n) is 15.3. The predicted octanol–water partition coefficient (Wildman–Crippen LogP) is 2.72. The summed E-state index contributed by atoms with van der Waals surface area (Å²) in [6.07, 6.45) is 0. The molecular formula is C18H29N3O3. The Bertz CT molecular complexity index is 535. The standard InChI is InChI=1S/C18H29N3O3/c1-6-21(11-12-24-18(3,4)5)13-17(23)20-16-9-7-15(8-10-16)19-14(2)22/h7-10H,6,11-13H2,1-5H3,(H,19,22)(H,20,23). The van der Waals surface area contributed by atoms with Gasteiger partial charge >= 0.3 is 0 Å². The first-order valence-electron chi connectivity index (χ1n) is 8.23. The molecule has 0 aromatic heterocycles. The molecule has 0 aliphatic rings. The SMILES string of the molecule is CCN(CCOC(C)(C)C)CC(=O)Nc1ccc(NC(C)=O)cc1. The highest BCUT2D eigenvalue weighted by Crippen LogP contribution is 2.13. The van der Waals surface area contributed by atoms with Gasteiger partial charge in [-0.15, -0.1) is 0 Å². The van der Waals surface area contributed by atoms with Crippen molar-refractivity contribution in [1.29, 1.82) is 0 Å². The van der Waals surface area contributed by atoms with E-state index in [1.807, 2.05) is 32.6 Å². The van der Waals surface area contributed by atoms with Crippen molar-refractivity contribution in [3.63, 3.8) is 0 Å². The van der Waals surface area contributed by atoms with Gasteiger partial charge in [-0.05, 0) is 51.6 Å². The van der Waals surface area contributed by atoms with Crippen LogP contribution in [-0.4, -0.2) is 48.6 Å². The summed E-state index contributed by atoms with van der Waals surface area (Å²) < 4.78 is 5.70. The molecule has 0 atom stereocenters. The number of carbonyl (C=O) groups is 2. The molecule has 1 aromatic carbocycles. The van der Waals surface area contributed by atoms with Crippen molar-refractivity contribution in [2.75, 3.05) is 36.9 Å². The van der Waals surface area contributed by atoms with Crippen LogP contribution in [0.3, 0.4) is 0 Å². The molecule has 2 N–H and O–H groups in total. The molecule has 6 heteroatoms. The Balaban J connectivity index is 2.44. The molecule has 0 spiro atoms. The maximum atomic E-state index is 12.1. The van der Waals surface area contributed by atoms with Gasteiger partial charge in [-0.3, -0.25) is 14.5 Å². The molecule has 6 nitrogen and oxygen atoms in total. The Morgan fingerprint density at radius 1 is 1.08 bits per heavy atom. The maximum Gasteiger partial charge on any atom is 0.238 e. The van der Waals surface area contributed by atoms with Gasteiger partial charge < -0.3 is 15.4 Å². The van der Waals surface area contributed by atoms with Crippen LogP contribution in [0, 0.1) is 0 Å². The quantitative estimate of drug-likeness (QED) is 0.766. The first-order valence-corrected chi connectivity index (χ1v) is 8.23. The number of ether oxygens (including phenoxy) is 1. The van der Waals surface area contributed by atoms with E-state index in [1.54, 1.807) is 24.3 Å². The van der Waals surface area contributed by atoms with Gasteiger partial charge in [0.25, 0.3) is 0 Å². The van der Waals surface area contributed by atoms with E-state index in [-0.39, 0.29) is 17.4 Å². The number of hydrogen-bond donors (Lipinski definition) is 2. The molecule has 134 valence electrons. The molecule has 1 aromatic rings. The zero-order chi connectivity index (χ0) is 18.2. The molecule has 0 saturated carbocycles. The number of rotatable bonds is 8. The second-order valence-electron chi connectivity index (χ2n) is 6.64. The Labute approximate surface area is 144 Å². The van der Waals surface area contributed by atoms with E-state index >= 15 is 0 Å². The topological polar surface area (TPSA) is 70.7 Å². The Kier molecular flexibility index (Phi) is 7.88. The van der Waals surface area contributed by atoms with Crippen LogP contribution in [0.2, 0.25) is 0 Å². The lowest BCUT2D eigenvalue weighted by atomic mass is 10.2. The van der Waals surface area contributed by atoms with E-state index in [0.717, 1.165) is 6.54 Å². The number of hydrogen-bond acceptors (Lipinski definition) is 4. The van der Waals surface area contributed by atoms with Gasteiger partial charge in [0.2, 0.25) is 11.8 Å². The highest BCUT2D eigenvalue weighted by atomic mass is 16.5. The first-order chi connectivity index (χ1) is 11.2. The maximum absolute atomic E-state index is 12.1. The minimum atomic E-state index is -0.169. The summed E-state index contributed by atoms with van der Waals surface area (Å²) in [7, 11) is 0. The fourth-order valence-electron chi connectivity index (χ4n) is 2.07. The third kappa shape index (κ3) is 8.64. The molecule has 0 aliphatic heterocycles. The predicted molar refractivity (Wildman–Crippen MR) is 97.2 cm³/mol. The van der Waals surface area contributed by atoms with Crippen LogP contribution in [0.5, 0.6) is 0 Å². The molecule has 0 saturated heterocycles. The lowest BCUT2D eigenvalue weighted by Crippen LogP contribution is -2.36. The number of benzene rings is 1. The lowest BCUT2D eigenvalue weighted by molar-refractivity contribution is -0.117. The Hall–Kier alpha value is -1.92. The van der Waals surface area contributed by atoms with Gasteiger partial charge in [-0.2, -0.15) is 0 Å². The van der Waals surface area contributed by atoms with Crippen molar-refractivity contribution in [2.45, 2.75) is 40.2 Å². The first kappa shape index (κ1) is 20.1. The summed E-state index contributed by atoms with van der Waals surface area (Å²) in [5, 5.41) is 5.55. The van der Waals surface area contributed by atoms with Crippen molar-refractivity contribution in [3.8, 4) is 0 Å². The van der Waals surface area contributed by atoms with E-state index in [9.17, 15) is 9.59 Å². The average Bonchev–Trinajstić information content (AvgIpc) is 2.46. The number of carbonyl (C=O) groups excluding carboxylic acids is 2. The van der Waals surface area contributed by atoms with Crippen LogP contribution in [0.15, 0.2) is 24.3 Å². The van der Waals surface area contributed by atoms with Crippen molar-refractivity contribution < 1.29 is 14.3 Å². The van der Waals surface area contributed by atoms with Crippen LogP contribution in [0.25, 0.3) is 0 Å². The highest BCUT2D eigenvalue weighted by Gasteiger charge is 2.13. The molecule has 24 heavy (non-hydrogen) atoms. The Morgan fingerprint density at radius 3 is 2.08 bits per heavy atom. The summed E-state index contributed by atoms with van der Waals surface area (Å²) in [6.45, 7) is 11.9. The van der Waals surface area contributed by atoms with E-state index < -0.39 is 0 Å². The number of nitrogens with one attached hydrogen (secondary N) is 2. The van der Waals surface area contributed by atoms with Crippen LogP contribution in [0.4, 0.5) is 11.4 Å². The molecule has 0 unspecified atom stereocenters. The van der Waals surface area contributed by atoms with Gasteiger partial charge in [-0.1, -0.05) is 6.92 Å². The average molecular weight is 335 g/mol. The van der Waals surface area contributed by atoms with Gasteiger partial charge in [0.05, 0.1) is 18.8 Å². The monoisotopic (exact) mass is 335 g/mol. The third-order valence-electron chi connectivity index (χ3n) is 3.25. The molecule has 0 heterocycles. The van der Waals surface area contributed by atoms with Crippen molar-refractivity contribution in [1.82, 2.24) is 4.90 Å². The number of amides is 2. The summed E-state index contributed by atoms with van der Waals surface area (Å²) in [5.74, 6) is -0.192.